The van der Waals surface area contributed by atoms with Crippen LogP contribution in [0.3, 0.4) is 0 Å². The van der Waals surface area contributed by atoms with Crippen molar-refractivity contribution in [3.8, 4) is 0 Å². The average Bonchev–Trinajstić information content (AvgIpc) is 2.50. The summed E-state index contributed by atoms with van der Waals surface area (Å²) in [6, 6.07) is 12.6. The molecule has 0 atom stereocenters. The summed E-state index contributed by atoms with van der Waals surface area (Å²) in [5.74, 6) is 0.871. The number of halogens is 1. The lowest BCUT2D eigenvalue weighted by molar-refractivity contribution is 0.590. The highest BCUT2D eigenvalue weighted by Crippen LogP contribution is 2.26. The predicted octanol–water partition coefficient (Wildman–Crippen LogP) is 6.60. The zero-order valence-electron chi connectivity index (χ0n) is 14.2. The molecule has 2 rings (SSSR count). The minimum Gasteiger partial charge on any atom is -0.310 e. The van der Waals surface area contributed by atoms with Crippen LogP contribution in [-0.4, -0.2) is 4.98 Å². The number of nitrogens with zero attached hydrogens (tertiary/aromatic N) is 1. The smallest absolute Gasteiger partial charge is 0.136 e. The van der Waals surface area contributed by atoms with E-state index in [4.69, 9.17) is 0 Å². The number of nitrogens with one attached hydrogen (secondary N) is 1. The lowest BCUT2D eigenvalue weighted by Gasteiger charge is -2.19. The summed E-state index contributed by atoms with van der Waals surface area (Å²) < 4.78 is 4.30. The van der Waals surface area contributed by atoms with Crippen LogP contribution in [0.25, 0.3) is 0 Å². The molecule has 0 fully saturated rings. The van der Waals surface area contributed by atoms with Crippen molar-refractivity contribution < 1.29 is 0 Å². The molecule has 0 saturated heterocycles. The second kappa shape index (κ2) is 8.59. The van der Waals surface area contributed by atoms with Gasteiger partial charge in [-0.2, -0.15) is 0 Å². The number of hydrogen-bond donors (Lipinski definition) is 1. The predicted molar refractivity (Wildman–Crippen MR) is 103 cm³/mol. The van der Waals surface area contributed by atoms with Crippen molar-refractivity contribution in [1.82, 2.24) is 4.98 Å². The van der Waals surface area contributed by atoms with Crippen LogP contribution in [0.5, 0.6) is 0 Å². The standard InChI is InChI=1S/C16H19BrN2S.C2H6/c1-11-14(17)9-10-15(18-11)19-20-13-7-5-12(6-8-13)16(2,3)4;1-2/h5-10H,1-4H3,(H,18,19);1-2H3. The van der Waals surface area contributed by atoms with Gasteiger partial charge in [0.15, 0.2) is 0 Å². The second-order valence-corrected chi connectivity index (χ2v) is 7.48. The van der Waals surface area contributed by atoms with Crippen LogP contribution in [0.4, 0.5) is 5.82 Å². The molecule has 0 bridgehead atoms. The van der Waals surface area contributed by atoms with E-state index in [0.717, 1.165) is 16.0 Å². The fraction of sp³-hybridized carbons (Fsp3) is 0.389. The molecule has 4 heteroatoms. The number of aryl methyl sites for hydroxylation is 1. The third-order valence-corrected chi connectivity index (χ3v) is 4.67. The Morgan fingerprint density at radius 1 is 1.00 bits per heavy atom. The molecule has 1 heterocycles. The van der Waals surface area contributed by atoms with E-state index in [1.807, 2.05) is 32.9 Å². The first-order chi connectivity index (χ1) is 10.4. The number of aromatic nitrogens is 1. The lowest BCUT2D eigenvalue weighted by Crippen LogP contribution is -2.10. The van der Waals surface area contributed by atoms with Crippen molar-refractivity contribution in [2.75, 3.05) is 4.72 Å². The Hall–Kier alpha value is -1.00. The van der Waals surface area contributed by atoms with E-state index in [1.165, 1.54) is 10.5 Å². The Labute approximate surface area is 147 Å². The SMILES string of the molecule is CC.Cc1nc(NSc2ccc(C(C)(C)C)cc2)ccc1Br. The van der Waals surface area contributed by atoms with Crippen LogP contribution in [0.1, 0.15) is 45.9 Å². The van der Waals surface area contributed by atoms with Gasteiger partial charge in [0, 0.05) is 9.37 Å². The molecule has 0 saturated carbocycles. The van der Waals surface area contributed by atoms with Crippen LogP contribution in [0.2, 0.25) is 0 Å². The van der Waals surface area contributed by atoms with Crippen LogP contribution in [-0.2, 0) is 5.41 Å². The number of benzene rings is 1. The second-order valence-electron chi connectivity index (χ2n) is 5.74. The van der Waals surface area contributed by atoms with Crippen LogP contribution < -0.4 is 4.72 Å². The van der Waals surface area contributed by atoms with E-state index in [1.54, 1.807) is 11.9 Å². The van der Waals surface area contributed by atoms with E-state index in [2.05, 4.69) is 70.7 Å². The number of pyridine rings is 1. The first-order valence-corrected chi connectivity index (χ1v) is 9.14. The highest BCUT2D eigenvalue weighted by atomic mass is 79.9. The number of anilines is 1. The van der Waals surface area contributed by atoms with Gasteiger partial charge >= 0.3 is 0 Å². The van der Waals surface area contributed by atoms with E-state index < -0.39 is 0 Å². The van der Waals surface area contributed by atoms with E-state index in [0.29, 0.717) is 0 Å². The summed E-state index contributed by atoms with van der Waals surface area (Å²) in [6.45, 7) is 12.7. The van der Waals surface area contributed by atoms with E-state index in [-0.39, 0.29) is 5.41 Å². The fourth-order valence-corrected chi connectivity index (χ4v) is 2.56. The Morgan fingerprint density at radius 3 is 2.09 bits per heavy atom. The minimum atomic E-state index is 0.195. The molecular formula is C18H25BrN2S. The maximum absolute atomic E-state index is 4.47. The molecule has 0 aliphatic carbocycles. The normalized spacial score (nSPS) is 10.7. The molecule has 1 aromatic carbocycles. The Bertz CT molecular complexity index is 589. The third-order valence-electron chi connectivity index (χ3n) is 3.02. The molecule has 0 amide bonds. The van der Waals surface area contributed by atoms with Crippen molar-refractivity contribution in [2.24, 2.45) is 0 Å². The van der Waals surface area contributed by atoms with Gasteiger partial charge in [-0.3, -0.25) is 0 Å². The van der Waals surface area contributed by atoms with Crippen molar-refractivity contribution in [3.05, 3.63) is 52.1 Å². The molecule has 0 unspecified atom stereocenters. The zero-order chi connectivity index (χ0) is 16.8. The maximum Gasteiger partial charge on any atom is 0.136 e. The van der Waals surface area contributed by atoms with Gasteiger partial charge in [0.25, 0.3) is 0 Å². The molecule has 2 aromatic rings. The van der Waals surface area contributed by atoms with Gasteiger partial charge in [-0.25, -0.2) is 4.98 Å². The van der Waals surface area contributed by atoms with Gasteiger partial charge in [-0.15, -0.1) is 0 Å². The largest absolute Gasteiger partial charge is 0.310 e. The molecule has 0 spiro atoms. The van der Waals surface area contributed by atoms with Gasteiger partial charge in [-0.1, -0.05) is 46.8 Å². The number of rotatable bonds is 3. The maximum atomic E-state index is 4.47. The molecule has 0 aliphatic rings. The molecule has 0 aliphatic heterocycles. The Morgan fingerprint density at radius 2 is 1.59 bits per heavy atom. The van der Waals surface area contributed by atoms with Gasteiger partial charge in [0.1, 0.15) is 5.82 Å². The van der Waals surface area contributed by atoms with Crippen LogP contribution in [0.15, 0.2) is 45.8 Å². The monoisotopic (exact) mass is 380 g/mol. The molecule has 0 radical (unpaired) electrons. The van der Waals surface area contributed by atoms with Crippen molar-refractivity contribution in [2.45, 2.75) is 51.9 Å². The summed E-state index contributed by atoms with van der Waals surface area (Å²) in [6.07, 6.45) is 0. The van der Waals surface area contributed by atoms with Gasteiger partial charge in [0.05, 0.1) is 5.69 Å². The average molecular weight is 381 g/mol. The summed E-state index contributed by atoms with van der Waals surface area (Å²) >= 11 is 5.03. The van der Waals surface area contributed by atoms with E-state index in [9.17, 15) is 0 Å². The highest BCUT2D eigenvalue weighted by Gasteiger charge is 2.12. The summed E-state index contributed by atoms with van der Waals surface area (Å²) in [5, 5.41) is 0. The zero-order valence-corrected chi connectivity index (χ0v) is 16.6. The first-order valence-electron chi connectivity index (χ1n) is 7.53. The topological polar surface area (TPSA) is 24.9 Å². The fourth-order valence-electron chi connectivity index (χ4n) is 1.74. The number of hydrogen-bond acceptors (Lipinski definition) is 3. The van der Waals surface area contributed by atoms with Crippen molar-refractivity contribution in [1.29, 1.82) is 0 Å². The van der Waals surface area contributed by atoms with Gasteiger partial charge in [-0.05, 0) is 70.0 Å². The Balaban J connectivity index is 0.00000116. The molecule has 120 valence electrons. The summed E-state index contributed by atoms with van der Waals surface area (Å²) in [5.41, 5.74) is 2.53. The van der Waals surface area contributed by atoms with Gasteiger partial charge in [0.2, 0.25) is 0 Å². The summed E-state index contributed by atoms with van der Waals surface area (Å²) in [7, 11) is 0. The van der Waals surface area contributed by atoms with Crippen molar-refractivity contribution in [3.63, 3.8) is 0 Å². The molecular weight excluding hydrogens is 356 g/mol. The van der Waals surface area contributed by atoms with Crippen LogP contribution >= 0.6 is 27.9 Å². The molecule has 1 aromatic heterocycles. The molecule has 2 nitrogen and oxygen atoms in total. The lowest BCUT2D eigenvalue weighted by atomic mass is 9.87. The molecule has 1 N–H and O–H groups in total. The third kappa shape index (κ3) is 5.65. The summed E-state index contributed by atoms with van der Waals surface area (Å²) in [4.78, 5) is 5.65. The highest BCUT2D eigenvalue weighted by molar-refractivity contribution is 9.10. The van der Waals surface area contributed by atoms with Crippen LogP contribution in [0, 0.1) is 6.92 Å². The first kappa shape index (κ1) is 19.0. The van der Waals surface area contributed by atoms with Gasteiger partial charge < -0.3 is 4.72 Å². The quantitative estimate of drug-likeness (QED) is 0.607. The van der Waals surface area contributed by atoms with E-state index >= 15 is 0 Å². The minimum absolute atomic E-state index is 0.195. The van der Waals surface area contributed by atoms with Crippen molar-refractivity contribution >= 4 is 33.7 Å². The Kier molecular flexibility index (Phi) is 7.43. The molecule has 22 heavy (non-hydrogen) atoms.